The Morgan fingerprint density at radius 1 is 1.05 bits per heavy atom. The minimum atomic E-state index is 0.0473. The Labute approximate surface area is 118 Å². The molecule has 20 heavy (non-hydrogen) atoms. The van der Waals surface area contributed by atoms with Crippen LogP contribution in [-0.2, 0) is 6.54 Å². The first-order valence-corrected chi connectivity index (χ1v) is 6.29. The number of methoxy groups -OCH3 is 1. The Bertz CT molecular complexity index is 605. The molecule has 0 saturated carbocycles. The number of hydrogen-bond acceptors (Lipinski definition) is 4. The zero-order chi connectivity index (χ0) is 14.2. The van der Waals surface area contributed by atoms with E-state index in [2.05, 4.69) is 5.32 Å². The number of nitrogens with zero attached hydrogens (tertiary/aromatic N) is 1. The Morgan fingerprint density at radius 3 is 2.50 bits per heavy atom. The summed E-state index contributed by atoms with van der Waals surface area (Å²) >= 11 is 0. The van der Waals surface area contributed by atoms with Crippen LogP contribution in [0.15, 0.2) is 48.5 Å². The van der Waals surface area contributed by atoms with Gasteiger partial charge in [-0.05, 0) is 18.2 Å². The van der Waals surface area contributed by atoms with Crippen LogP contribution < -0.4 is 14.8 Å². The van der Waals surface area contributed by atoms with Gasteiger partial charge in [0.05, 0.1) is 12.8 Å². The van der Waals surface area contributed by atoms with Crippen LogP contribution in [0.25, 0.3) is 0 Å². The maximum absolute atomic E-state index is 8.59. The van der Waals surface area contributed by atoms with Gasteiger partial charge in [-0.2, -0.15) is 5.26 Å². The summed E-state index contributed by atoms with van der Waals surface area (Å²) in [5.41, 5.74) is 1.92. The van der Waals surface area contributed by atoms with Gasteiger partial charge in [0.1, 0.15) is 17.6 Å². The number of rotatable bonds is 6. The largest absolute Gasteiger partial charge is 0.495 e. The van der Waals surface area contributed by atoms with Crippen molar-refractivity contribution in [3.05, 3.63) is 54.1 Å². The first-order chi connectivity index (χ1) is 9.85. The molecule has 0 fully saturated rings. The Morgan fingerprint density at radius 2 is 1.75 bits per heavy atom. The lowest BCUT2D eigenvalue weighted by Crippen LogP contribution is -2.04. The van der Waals surface area contributed by atoms with E-state index < -0.39 is 0 Å². The smallest absolute Gasteiger partial charge is 0.174 e. The van der Waals surface area contributed by atoms with Crippen molar-refractivity contribution in [2.75, 3.05) is 19.0 Å². The number of nitrogens with one attached hydrogen (secondary N) is 1. The molecule has 0 aliphatic rings. The van der Waals surface area contributed by atoms with E-state index in [1.54, 1.807) is 7.11 Å². The highest BCUT2D eigenvalue weighted by atomic mass is 16.5. The van der Waals surface area contributed by atoms with Crippen molar-refractivity contribution in [1.82, 2.24) is 0 Å². The maximum Gasteiger partial charge on any atom is 0.174 e. The summed E-state index contributed by atoms with van der Waals surface area (Å²) in [7, 11) is 1.64. The number of ether oxygens (including phenoxy) is 2. The van der Waals surface area contributed by atoms with Gasteiger partial charge in [-0.25, -0.2) is 0 Å². The van der Waals surface area contributed by atoms with Crippen molar-refractivity contribution in [3.63, 3.8) is 0 Å². The van der Waals surface area contributed by atoms with Crippen LogP contribution in [0.5, 0.6) is 11.5 Å². The van der Waals surface area contributed by atoms with Crippen LogP contribution in [0, 0.1) is 11.3 Å². The number of nitriles is 1. The number of para-hydroxylation sites is 3. The van der Waals surface area contributed by atoms with Gasteiger partial charge in [-0.3, -0.25) is 0 Å². The van der Waals surface area contributed by atoms with E-state index in [1.807, 2.05) is 54.6 Å². The first-order valence-electron chi connectivity index (χ1n) is 6.29. The molecule has 0 aromatic heterocycles. The molecular formula is C16H16N2O2. The van der Waals surface area contributed by atoms with Crippen LogP contribution >= 0.6 is 0 Å². The van der Waals surface area contributed by atoms with Gasteiger partial charge in [-0.1, -0.05) is 30.3 Å². The fourth-order valence-corrected chi connectivity index (χ4v) is 1.88. The molecule has 4 heteroatoms. The third-order valence-corrected chi connectivity index (χ3v) is 2.84. The zero-order valence-corrected chi connectivity index (χ0v) is 11.3. The molecule has 0 saturated heterocycles. The molecule has 0 bridgehead atoms. The molecular weight excluding hydrogens is 252 g/mol. The van der Waals surface area contributed by atoms with Crippen LogP contribution in [0.2, 0.25) is 0 Å². The monoisotopic (exact) mass is 268 g/mol. The molecule has 0 aliphatic heterocycles. The lowest BCUT2D eigenvalue weighted by atomic mass is 10.2. The lowest BCUT2D eigenvalue weighted by molar-refractivity contribution is 0.364. The average Bonchev–Trinajstić information content (AvgIpc) is 2.52. The quantitative estimate of drug-likeness (QED) is 0.874. The second-order valence-electron chi connectivity index (χ2n) is 4.11. The summed E-state index contributed by atoms with van der Waals surface area (Å²) in [6.07, 6.45) is 0. The molecule has 0 atom stereocenters. The third-order valence-electron chi connectivity index (χ3n) is 2.84. The van der Waals surface area contributed by atoms with Crippen LogP contribution in [-0.4, -0.2) is 13.7 Å². The molecule has 0 radical (unpaired) electrons. The zero-order valence-electron chi connectivity index (χ0n) is 11.3. The van der Waals surface area contributed by atoms with Crippen molar-refractivity contribution in [3.8, 4) is 17.6 Å². The number of benzene rings is 2. The van der Waals surface area contributed by atoms with Crippen molar-refractivity contribution in [2.45, 2.75) is 6.54 Å². The average molecular weight is 268 g/mol. The predicted octanol–water partition coefficient (Wildman–Crippen LogP) is 3.21. The molecule has 0 aliphatic carbocycles. The van der Waals surface area contributed by atoms with Crippen LogP contribution in [0.1, 0.15) is 5.56 Å². The normalized spacial score (nSPS) is 9.60. The minimum absolute atomic E-state index is 0.0473. The molecule has 0 amide bonds. The number of hydrogen-bond donors (Lipinski definition) is 1. The summed E-state index contributed by atoms with van der Waals surface area (Å²) in [5, 5.41) is 11.9. The predicted molar refractivity (Wildman–Crippen MR) is 77.9 cm³/mol. The lowest BCUT2D eigenvalue weighted by Gasteiger charge is -2.13. The van der Waals surface area contributed by atoms with Gasteiger partial charge in [0.2, 0.25) is 0 Å². The molecule has 0 unspecified atom stereocenters. The molecule has 0 heterocycles. The summed E-state index contributed by atoms with van der Waals surface area (Å²) in [6.45, 7) is 0.646. The Kier molecular flexibility index (Phi) is 4.85. The van der Waals surface area contributed by atoms with Crippen molar-refractivity contribution in [2.24, 2.45) is 0 Å². The maximum atomic E-state index is 8.59. The van der Waals surface area contributed by atoms with E-state index in [0.29, 0.717) is 6.54 Å². The van der Waals surface area contributed by atoms with E-state index >= 15 is 0 Å². The summed E-state index contributed by atoms with van der Waals surface area (Å²) in [6, 6.07) is 17.4. The number of anilines is 1. The van der Waals surface area contributed by atoms with E-state index in [4.69, 9.17) is 14.7 Å². The molecule has 0 spiro atoms. The molecule has 102 valence electrons. The van der Waals surface area contributed by atoms with Gasteiger partial charge in [-0.15, -0.1) is 0 Å². The van der Waals surface area contributed by atoms with Gasteiger partial charge in [0, 0.05) is 12.1 Å². The molecule has 4 nitrogen and oxygen atoms in total. The van der Waals surface area contributed by atoms with Crippen molar-refractivity contribution < 1.29 is 9.47 Å². The van der Waals surface area contributed by atoms with Crippen molar-refractivity contribution >= 4 is 5.69 Å². The third kappa shape index (κ3) is 3.42. The van der Waals surface area contributed by atoms with Crippen LogP contribution in [0.3, 0.4) is 0 Å². The summed E-state index contributed by atoms with van der Waals surface area (Å²) in [5.74, 6) is 1.51. The second kappa shape index (κ2) is 7.05. The topological polar surface area (TPSA) is 54.3 Å². The Hall–Kier alpha value is -2.67. The highest BCUT2D eigenvalue weighted by Crippen LogP contribution is 2.25. The fraction of sp³-hybridized carbons (Fsp3) is 0.188. The Balaban J connectivity index is 2.09. The summed E-state index contributed by atoms with van der Waals surface area (Å²) < 4.78 is 10.7. The molecule has 2 aromatic carbocycles. The second-order valence-corrected chi connectivity index (χ2v) is 4.11. The highest BCUT2D eigenvalue weighted by Gasteiger charge is 2.05. The van der Waals surface area contributed by atoms with Gasteiger partial charge in [0.25, 0.3) is 0 Å². The van der Waals surface area contributed by atoms with Crippen LogP contribution in [0.4, 0.5) is 5.69 Å². The van der Waals surface area contributed by atoms with E-state index in [1.165, 1.54) is 0 Å². The SMILES string of the molecule is COc1ccccc1NCc1ccccc1OCC#N. The highest BCUT2D eigenvalue weighted by molar-refractivity contribution is 5.56. The minimum Gasteiger partial charge on any atom is -0.495 e. The first kappa shape index (κ1) is 13.8. The van der Waals surface area contributed by atoms with E-state index in [0.717, 1.165) is 22.7 Å². The van der Waals surface area contributed by atoms with Gasteiger partial charge < -0.3 is 14.8 Å². The fourth-order valence-electron chi connectivity index (χ4n) is 1.88. The van der Waals surface area contributed by atoms with Crippen molar-refractivity contribution in [1.29, 1.82) is 5.26 Å². The molecule has 2 rings (SSSR count). The van der Waals surface area contributed by atoms with Gasteiger partial charge >= 0.3 is 0 Å². The van der Waals surface area contributed by atoms with E-state index in [-0.39, 0.29) is 6.61 Å². The molecule has 2 aromatic rings. The van der Waals surface area contributed by atoms with E-state index in [9.17, 15) is 0 Å². The molecule has 1 N–H and O–H groups in total. The van der Waals surface area contributed by atoms with Gasteiger partial charge in [0.15, 0.2) is 6.61 Å². The summed E-state index contributed by atoms with van der Waals surface area (Å²) in [4.78, 5) is 0. The standard InChI is InChI=1S/C16H16N2O2/c1-19-16-9-5-3-7-14(16)18-12-13-6-2-4-8-15(13)20-11-10-17/h2-9,18H,11-12H2,1H3.